The molecular formula is C17H27AlO. The predicted molar refractivity (Wildman–Crippen MR) is 87.1 cm³/mol. The van der Waals surface area contributed by atoms with Gasteiger partial charge in [-0.25, -0.2) is 0 Å². The quantitative estimate of drug-likeness (QED) is 0.632. The number of rotatable bonds is 7. The van der Waals surface area contributed by atoms with Gasteiger partial charge in [-0.15, -0.1) is 4.94 Å². The van der Waals surface area contributed by atoms with E-state index in [1.165, 1.54) is 16.1 Å². The van der Waals surface area contributed by atoms with Gasteiger partial charge in [-0.05, 0) is 17.7 Å². The zero-order valence-corrected chi connectivity index (χ0v) is 14.2. The fraction of sp³-hybridized carbons (Fsp3) is 0.529. The predicted octanol–water partition coefficient (Wildman–Crippen LogP) is 5.05. The molecule has 0 aliphatic carbocycles. The van der Waals surface area contributed by atoms with Crippen LogP contribution in [0.3, 0.4) is 0 Å². The van der Waals surface area contributed by atoms with Gasteiger partial charge in [0.1, 0.15) is 5.75 Å². The van der Waals surface area contributed by atoms with Crippen LogP contribution in [0.2, 0.25) is 10.6 Å². The van der Waals surface area contributed by atoms with Crippen LogP contribution in [0.4, 0.5) is 0 Å². The Morgan fingerprint density at radius 3 is 1.95 bits per heavy atom. The van der Waals surface area contributed by atoms with E-state index < -0.39 is 14.1 Å². The smallest absolute Gasteiger partial charge is 0.295 e. The molecule has 0 aromatic heterocycles. The van der Waals surface area contributed by atoms with Gasteiger partial charge in [0.25, 0.3) is 14.1 Å². The van der Waals surface area contributed by atoms with Crippen molar-refractivity contribution in [2.75, 3.05) is 7.11 Å². The molecule has 0 radical (unpaired) electrons. The minimum Gasteiger partial charge on any atom is -0.497 e. The van der Waals surface area contributed by atoms with Gasteiger partial charge in [0.05, 0.1) is 7.11 Å². The normalized spacial score (nSPS) is 11.5. The molecule has 0 bridgehead atoms. The van der Waals surface area contributed by atoms with E-state index in [2.05, 4.69) is 50.8 Å². The first-order valence-corrected chi connectivity index (χ1v) is 9.63. The molecule has 1 rings (SSSR count). The summed E-state index contributed by atoms with van der Waals surface area (Å²) in [5.74, 6) is 2.56. The Morgan fingerprint density at radius 1 is 1.00 bits per heavy atom. The Balaban J connectivity index is 2.67. The van der Waals surface area contributed by atoms with E-state index in [4.69, 9.17) is 4.74 Å². The maximum atomic E-state index is 5.18. The van der Waals surface area contributed by atoms with Gasteiger partial charge in [0, 0.05) is 0 Å². The summed E-state index contributed by atoms with van der Waals surface area (Å²) < 4.78 is 5.18. The minimum atomic E-state index is -0.751. The second-order valence-electron chi connectivity index (χ2n) is 6.15. The molecule has 104 valence electrons. The topological polar surface area (TPSA) is 9.23 Å². The summed E-state index contributed by atoms with van der Waals surface area (Å²) >= 11 is -0.751. The SMILES string of the molecule is COc1ccc(/C=[CH]/[Al]([CH2]C(C)C)[CH2]C(C)C)cc1. The van der Waals surface area contributed by atoms with E-state index in [1.807, 2.05) is 12.1 Å². The van der Waals surface area contributed by atoms with Crippen molar-refractivity contribution in [2.24, 2.45) is 11.8 Å². The average molecular weight is 274 g/mol. The lowest BCUT2D eigenvalue weighted by molar-refractivity contribution is 0.415. The molecule has 0 saturated heterocycles. The number of methoxy groups -OCH3 is 1. The zero-order chi connectivity index (χ0) is 14.3. The lowest BCUT2D eigenvalue weighted by atomic mass is 10.2. The highest BCUT2D eigenvalue weighted by Gasteiger charge is 2.16. The highest BCUT2D eigenvalue weighted by molar-refractivity contribution is 6.65. The van der Waals surface area contributed by atoms with Crippen molar-refractivity contribution >= 4 is 20.2 Å². The molecule has 1 nitrogen and oxygen atoms in total. The van der Waals surface area contributed by atoms with E-state index >= 15 is 0 Å². The Morgan fingerprint density at radius 2 is 1.53 bits per heavy atom. The largest absolute Gasteiger partial charge is 0.497 e. The summed E-state index contributed by atoms with van der Waals surface area (Å²) in [6, 6.07) is 8.32. The van der Waals surface area contributed by atoms with E-state index in [0.717, 1.165) is 17.6 Å². The van der Waals surface area contributed by atoms with E-state index in [1.54, 1.807) is 7.11 Å². The van der Waals surface area contributed by atoms with Crippen molar-refractivity contribution in [1.29, 1.82) is 0 Å². The Labute approximate surface area is 123 Å². The molecule has 0 spiro atoms. The summed E-state index contributed by atoms with van der Waals surface area (Å²) in [6.07, 6.45) is 2.31. The summed E-state index contributed by atoms with van der Waals surface area (Å²) in [4.78, 5) is 2.52. The molecule has 0 aliphatic rings. The highest BCUT2D eigenvalue weighted by Crippen LogP contribution is 2.18. The van der Waals surface area contributed by atoms with Gasteiger partial charge in [-0.1, -0.05) is 68.3 Å². The van der Waals surface area contributed by atoms with Gasteiger partial charge in [-0.3, -0.25) is 0 Å². The van der Waals surface area contributed by atoms with Crippen molar-refractivity contribution in [2.45, 2.75) is 38.3 Å². The van der Waals surface area contributed by atoms with Crippen LogP contribution in [0, 0.1) is 11.8 Å². The van der Waals surface area contributed by atoms with Gasteiger partial charge in [0.15, 0.2) is 0 Å². The number of hydrogen-bond donors (Lipinski definition) is 0. The first kappa shape index (κ1) is 16.3. The van der Waals surface area contributed by atoms with E-state index in [-0.39, 0.29) is 0 Å². The van der Waals surface area contributed by atoms with Gasteiger partial charge < -0.3 is 4.74 Å². The molecule has 0 atom stereocenters. The van der Waals surface area contributed by atoms with Crippen LogP contribution in [-0.4, -0.2) is 21.3 Å². The van der Waals surface area contributed by atoms with Crippen LogP contribution in [0.25, 0.3) is 6.08 Å². The molecule has 2 heteroatoms. The molecule has 0 aliphatic heterocycles. The molecule has 0 saturated carbocycles. The summed E-state index contributed by atoms with van der Waals surface area (Å²) in [5, 5.41) is 2.82. The summed E-state index contributed by atoms with van der Waals surface area (Å²) in [6.45, 7) is 9.34. The van der Waals surface area contributed by atoms with Crippen molar-refractivity contribution in [3.8, 4) is 5.75 Å². The first-order valence-electron chi connectivity index (χ1n) is 7.33. The van der Waals surface area contributed by atoms with Crippen LogP contribution in [-0.2, 0) is 0 Å². The van der Waals surface area contributed by atoms with Crippen LogP contribution in [0.15, 0.2) is 29.2 Å². The average Bonchev–Trinajstić information content (AvgIpc) is 2.35. The second-order valence-corrected chi connectivity index (χ2v) is 9.00. The van der Waals surface area contributed by atoms with Crippen molar-refractivity contribution < 1.29 is 4.74 Å². The molecule has 0 fully saturated rings. The first-order chi connectivity index (χ1) is 9.01. The lowest BCUT2D eigenvalue weighted by Gasteiger charge is -2.12. The van der Waals surface area contributed by atoms with Crippen molar-refractivity contribution in [1.82, 2.24) is 0 Å². The Kier molecular flexibility index (Phi) is 7.28. The Bertz CT molecular complexity index is 369. The Hall–Kier alpha value is -0.708. The molecule has 0 amide bonds. The van der Waals surface area contributed by atoms with E-state index in [0.29, 0.717) is 0 Å². The maximum absolute atomic E-state index is 5.18. The van der Waals surface area contributed by atoms with Gasteiger partial charge >= 0.3 is 0 Å². The van der Waals surface area contributed by atoms with Gasteiger partial charge in [-0.2, -0.15) is 0 Å². The summed E-state index contributed by atoms with van der Waals surface area (Å²) in [5.41, 5.74) is 1.28. The maximum Gasteiger partial charge on any atom is 0.295 e. The fourth-order valence-electron chi connectivity index (χ4n) is 2.43. The molecule has 1 aromatic rings. The molecule has 0 unspecified atom stereocenters. The number of hydrogen-bond acceptors (Lipinski definition) is 1. The van der Waals surface area contributed by atoms with Crippen LogP contribution in [0.1, 0.15) is 33.3 Å². The zero-order valence-electron chi connectivity index (χ0n) is 13.0. The summed E-state index contributed by atoms with van der Waals surface area (Å²) in [7, 11) is 1.71. The van der Waals surface area contributed by atoms with Crippen LogP contribution in [0.5, 0.6) is 5.75 Å². The second kappa shape index (κ2) is 8.46. The molecular weight excluding hydrogens is 247 g/mol. The monoisotopic (exact) mass is 274 g/mol. The standard InChI is InChI=1S/C9H9O.2C4H9.Al/c1-3-8-4-6-9(10-2)7-5-8;2*1-4(2)3;/h1,3-7H,2H3;2*4H,1H2,2-3H3;. The molecule has 0 heterocycles. The van der Waals surface area contributed by atoms with Crippen LogP contribution >= 0.6 is 0 Å². The van der Waals surface area contributed by atoms with Crippen molar-refractivity contribution in [3.05, 3.63) is 34.8 Å². The molecule has 0 N–H and O–H groups in total. The van der Waals surface area contributed by atoms with Crippen LogP contribution < -0.4 is 4.74 Å². The fourth-order valence-corrected chi connectivity index (χ4v) is 5.85. The molecule has 1 aromatic carbocycles. The van der Waals surface area contributed by atoms with Gasteiger partial charge in [0.2, 0.25) is 0 Å². The third-order valence-corrected chi connectivity index (χ3v) is 7.06. The molecule has 19 heavy (non-hydrogen) atoms. The van der Waals surface area contributed by atoms with Crippen molar-refractivity contribution in [3.63, 3.8) is 0 Å². The third kappa shape index (κ3) is 6.85. The lowest BCUT2D eigenvalue weighted by Crippen LogP contribution is -2.14. The highest BCUT2D eigenvalue weighted by atomic mass is 27.2. The number of ether oxygens (including phenoxy) is 1. The van der Waals surface area contributed by atoms with E-state index in [9.17, 15) is 0 Å². The number of benzene rings is 1. The minimum absolute atomic E-state index is 0.751. The third-order valence-electron chi connectivity index (χ3n) is 3.22.